The summed E-state index contributed by atoms with van der Waals surface area (Å²) in [5, 5.41) is 10.7. The predicted octanol–water partition coefficient (Wildman–Crippen LogP) is 5.28. The van der Waals surface area contributed by atoms with Gasteiger partial charge in [0.25, 0.3) is 0 Å². The second kappa shape index (κ2) is 12.0. The van der Waals surface area contributed by atoms with Gasteiger partial charge in [-0.2, -0.15) is 0 Å². The van der Waals surface area contributed by atoms with E-state index in [-0.39, 0.29) is 41.5 Å². The van der Waals surface area contributed by atoms with Crippen molar-refractivity contribution in [2.45, 2.75) is 25.7 Å². The van der Waals surface area contributed by atoms with Crippen molar-refractivity contribution in [1.82, 2.24) is 0 Å². The van der Waals surface area contributed by atoms with E-state index in [9.17, 15) is 24.3 Å². The van der Waals surface area contributed by atoms with Crippen LogP contribution in [-0.2, 0) is 23.9 Å². The molecular weight excluding hydrogens is 737 g/mol. The van der Waals surface area contributed by atoms with Crippen molar-refractivity contribution in [1.29, 1.82) is 0 Å². The van der Waals surface area contributed by atoms with Crippen molar-refractivity contribution in [3.63, 3.8) is 0 Å². The maximum atomic E-state index is 14.6. The highest BCUT2D eigenvalue weighted by Crippen LogP contribution is 2.64. The fourth-order valence-electron chi connectivity index (χ4n) is 9.02. The Hall–Kier alpha value is -4.23. The third kappa shape index (κ3) is 4.75. The van der Waals surface area contributed by atoms with Crippen LogP contribution in [-0.4, -0.2) is 62.1 Å². The van der Waals surface area contributed by atoms with E-state index in [1.165, 1.54) is 16.9 Å². The first-order chi connectivity index (χ1) is 23.6. The maximum Gasteiger partial charge on any atom is 0.241 e. The van der Waals surface area contributed by atoms with Gasteiger partial charge in [0.1, 0.15) is 0 Å². The van der Waals surface area contributed by atoms with Gasteiger partial charge in [-0.1, -0.05) is 29.8 Å². The zero-order valence-electron chi connectivity index (χ0n) is 27.2. The number of fused-ring (bicyclic) bond motifs is 4. The number of methoxy groups -OCH3 is 1. The Kier molecular flexibility index (Phi) is 7.82. The van der Waals surface area contributed by atoms with Crippen LogP contribution in [0.25, 0.3) is 0 Å². The molecule has 3 aromatic rings. The van der Waals surface area contributed by atoms with Crippen LogP contribution in [0, 0.1) is 32.7 Å². The number of allylic oxidation sites excluding steroid dienone is 2. The van der Waals surface area contributed by atoms with E-state index in [1.807, 2.05) is 72.0 Å². The largest absolute Gasteiger partial charge is 0.504 e. The Balaban J connectivity index is 1.21. The van der Waals surface area contributed by atoms with Crippen LogP contribution in [0.15, 0.2) is 78.4 Å². The number of para-hydroxylation sites is 1. The van der Waals surface area contributed by atoms with Crippen molar-refractivity contribution in [3.8, 4) is 11.5 Å². The van der Waals surface area contributed by atoms with Crippen LogP contribution < -0.4 is 19.4 Å². The molecule has 6 atom stereocenters. The maximum absolute atomic E-state index is 14.6. The molecule has 0 spiro atoms. The van der Waals surface area contributed by atoms with Gasteiger partial charge in [-0.3, -0.25) is 24.1 Å². The Morgan fingerprint density at radius 1 is 0.857 bits per heavy atom. The summed E-state index contributed by atoms with van der Waals surface area (Å²) in [6.45, 7) is 4.71. The highest BCUT2D eigenvalue weighted by molar-refractivity contribution is 14.1. The zero-order chi connectivity index (χ0) is 34.2. The average Bonchev–Trinajstić information content (AvgIpc) is 3.49. The molecule has 3 saturated heterocycles. The summed E-state index contributed by atoms with van der Waals surface area (Å²) < 4.78 is 11.6. The first kappa shape index (κ1) is 32.0. The summed E-state index contributed by atoms with van der Waals surface area (Å²) in [4.78, 5) is 62.3. The number of rotatable bonds is 5. The lowest BCUT2D eigenvalue weighted by atomic mass is 9.51. The Bertz CT molecular complexity index is 1910. The first-order valence-corrected chi connectivity index (χ1v) is 17.7. The second-order valence-electron chi connectivity index (χ2n) is 13.7. The minimum atomic E-state index is -1.19. The van der Waals surface area contributed by atoms with Gasteiger partial charge in [-0.25, -0.2) is 4.90 Å². The third-order valence-electron chi connectivity index (χ3n) is 11.4. The lowest BCUT2D eigenvalue weighted by Gasteiger charge is -2.49. The molecule has 1 N–H and O–H groups in total. The number of carbonyl (C=O) groups excluding carboxylic acids is 4. The molecule has 252 valence electrons. The SMILES string of the molecule is COc1cc([C@H]2C3=CC[C@@H]4C(=O)N(c5ccc(N6CCOCC6)cc5)C(=O)[C@@H]4[C@@H]3C[C@H]3C(=O)N(c4ccccc4)C(=O)[C@@]23C)cc(I)c1O. The van der Waals surface area contributed by atoms with E-state index < -0.39 is 35.0 Å². The van der Waals surface area contributed by atoms with Crippen molar-refractivity contribution in [2.24, 2.45) is 29.1 Å². The highest BCUT2D eigenvalue weighted by Gasteiger charge is 2.67. The minimum Gasteiger partial charge on any atom is -0.504 e. The lowest BCUT2D eigenvalue weighted by Crippen LogP contribution is -2.48. The second-order valence-corrected chi connectivity index (χ2v) is 14.8. The van der Waals surface area contributed by atoms with Gasteiger partial charge in [0, 0.05) is 24.7 Å². The molecule has 3 aromatic carbocycles. The zero-order valence-corrected chi connectivity index (χ0v) is 29.3. The number of nitrogens with zero attached hydrogens (tertiary/aromatic N) is 3. The van der Waals surface area contributed by atoms with E-state index in [4.69, 9.17) is 9.47 Å². The number of morpholine rings is 1. The molecule has 10 nitrogen and oxygen atoms in total. The topological polar surface area (TPSA) is 117 Å². The number of benzene rings is 3. The van der Waals surface area contributed by atoms with E-state index in [0.717, 1.165) is 24.4 Å². The molecule has 4 fully saturated rings. The monoisotopic (exact) mass is 773 g/mol. The molecule has 11 heteroatoms. The van der Waals surface area contributed by atoms with E-state index in [1.54, 1.807) is 30.3 Å². The van der Waals surface area contributed by atoms with Crippen molar-refractivity contribution in [2.75, 3.05) is 48.1 Å². The van der Waals surface area contributed by atoms with Crippen molar-refractivity contribution < 1.29 is 33.8 Å². The third-order valence-corrected chi connectivity index (χ3v) is 12.2. The number of halogens is 1. The molecule has 5 aliphatic rings. The molecule has 0 aromatic heterocycles. The van der Waals surface area contributed by atoms with Crippen LogP contribution in [0.4, 0.5) is 17.1 Å². The molecule has 4 amide bonds. The molecule has 8 rings (SSSR count). The molecule has 49 heavy (non-hydrogen) atoms. The van der Waals surface area contributed by atoms with E-state index >= 15 is 0 Å². The summed E-state index contributed by atoms with van der Waals surface area (Å²) in [6, 6.07) is 20.0. The fraction of sp³-hybridized carbons (Fsp3) is 0.368. The summed E-state index contributed by atoms with van der Waals surface area (Å²) >= 11 is 2.04. The number of imide groups is 2. The lowest BCUT2D eigenvalue weighted by molar-refractivity contribution is -0.131. The van der Waals surface area contributed by atoms with Gasteiger partial charge in [0.15, 0.2) is 11.5 Å². The number of hydrogen-bond acceptors (Lipinski definition) is 8. The van der Waals surface area contributed by atoms with Crippen LogP contribution in [0.1, 0.15) is 31.2 Å². The molecule has 2 aliphatic carbocycles. The molecule has 3 aliphatic heterocycles. The van der Waals surface area contributed by atoms with Crippen LogP contribution in [0.2, 0.25) is 0 Å². The minimum absolute atomic E-state index is 0.00909. The Labute approximate surface area is 297 Å². The van der Waals surface area contributed by atoms with Gasteiger partial charge in [-0.05, 0) is 102 Å². The van der Waals surface area contributed by atoms with Crippen LogP contribution in [0.3, 0.4) is 0 Å². The Morgan fingerprint density at radius 3 is 2.22 bits per heavy atom. The van der Waals surface area contributed by atoms with E-state index in [2.05, 4.69) is 4.90 Å². The highest BCUT2D eigenvalue weighted by atomic mass is 127. The fourth-order valence-corrected chi connectivity index (χ4v) is 9.65. The normalized spacial score (nSPS) is 29.5. The number of hydrogen-bond donors (Lipinski definition) is 1. The Morgan fingerprint density at radius 2 is 1.53 bits per heavy atom. The van der Waals surface area contributed by atoms with Gasteiger partial charge in [0.05, 0.1) is 58.4 Å². The number of phenolic OH excluding ortho intramolecular Hbond substituents is 1. The summed E-state index contributed by atoms with van der Waals surface area (Å²) in [6.07, 6.45) is 2.64. The van der Waals surface area contributed by atoms with Crippen LogP contribution in [0.5, 0.6) is 11.5 Å². The number of carbonyl (C=O) groups is 4. The number of aromatic hydroxyl groups is 1. The van der Waals surface area contributed by atoms with Gasteiger partial charge < -0.3 is 19.5 Å². The predicted molar refractivity (Wildman–Crippen MR) is 190 cm³/mol. The average molecular weight is 774 g/mol. The molecular formula is C38H36IN3O7. The summed E-state index contributed by atoms with van der Waals surface area (Å²) in [5.41, 5.74) is 2.44. The van der Waals surface area contributed by atoms with Crippen molar-refractivity contribution in [3.05, 3.63) is 87.5 Å². The van der Waals surface area contributed by atoms with Crippen molar-refractivity contribution >= 4 is 63.3 Å². The number of amides is 4. The van der Waals surface area contributed by atoms with Gasteiger partial charge >= 0.3 is 0 Å². The van der Waals surface area contributed by atoms with E-state index in [0.29, 0.717) is 40.1 Å². The number of ether oxygens (including phenoxy) is 2. The number of anilines is 3. The smallest absolute Gasteiger partial charge is 0.241 e. The molecule has 3 heterocycles. The van der Waals surface area contributed by atoms with Crippen LogP contribution >= 0.6 is 22.6 Å². The summed E-state index contributed by atoms with van der Waals surface area (Å²) in [7, 11) is 1.47. The first-order valence-electron chi connectivity index (χ1n) is 16.7. The summed E-state index contributed by atoms with van der Waals surface area (Å²) in [5.74, 6) is -3.92. The molecule has 0 unspecified atom stereocenters. The van der Waals surface area contributed by atoms with Gasteiger partial charge in [0.2, 0.25) is 23.6 Å². The molecule has 1 saturated carbocycles. The molecule has 0 bridgehead atoms. The van der Waals surface area contributed by atoms with Gasteiger partial charge in [-0.15, -0.1) is 0 Å². The quantitative estimate of drug-likeness (QED) is 0.212. The number of phenols is 1. The molecule has 0 radical (unpaired) electrons. The standard InChI is InChI=1S/C38H36IN3O7/c1-38-28(35(45)42(37(38)47)23-6-4-3-5-7-23)20-27-25(32(38)21-18-29(39)33(43)30(19-21)48-2)12-13-26-31(27)36(46)41(34(26)44)24-10-8-22(9-11-24)40-14-16-49-17-15-40/h3-12,18-19,26-28,31-32,43H,13-17,20H2,1-2H3/t26-,27+,28-,31-,32-,38+/m0/s1.